The van der Waals surface area contributed by atoms with E-state index in [1.807, 2.05) is 0 Å². The predicted octanol–water partition coefficient (Wildman–Crippen LogP) is 1.19. The number of nitrogens with one attached hydrogen (secondary N) is 2. The van der Waals surface area contributed by atoms with E-state index in [9.17, 15) is 9.90 Å². The molecular weight excluding hydrogens is 228 g/mol. The van der Waals surface area contributed by atoms with E-state index in [1.54, 1.807) is 0 Å². The van der Waals surface area contributed by atoms with Gasteiger partial charge in [0.15, 0.2) is 0 Å². The summed E-state index contributed by atoms with van der Waals surface area (Å²) in [5.74, 6) is 0.142. The smallest absolute Gasteiger partial charge is 0.227 e. The third-order valence-electron chi connectivity index (χ3n) is 4.68. The number of hydrogen-bond acceptors (Lipinski definition) is 3. The molecule has 1 amide bonds. The van der Waals surface area contributed by atoms with Crippen molar-refractivity contribution in [3.63, 3.8) is 0 Å². The second-order valence-electron chi connectivity index (χ2n) is 5.85. The number of rotatable bonds is 3. The van der Waals surface area contributed by atoms with E-state index < -0.39 is 0 Å². The average molecular weight is 254 g/mol. The highest BCUT2D eigenvalue weighted by atomic mass is 16.3. The van der Waals surface area contributed by atoms with E-state index in [0.29, 0.717) is 0 Å². The van der Waals surface area contributed by atoms with Crippen molar-refractivity contribution >= 4 is 5.91 Å². The van der Waals surface area contributed by atoms with E-state index in [1.165, 1.54) is 0 Å². The minimum atomic E-state index is -0.354. The van der Waals surface area contributed by atoms with Gasteiger partial charge in [0.1, 0.15) is 0 Å². The summed E-state index contributed by atoms with van der Waals surface area (Å²) in [5, 5.41) is 16.4. The van der Waals surface area contributed by atoms with Gasteiger partial charge in [-0.25, -0.2) is 0 Å². The van der Waals surface area contributed by atoms with Crippen LogP contribution in [0.15, 0.2) is 0 Å². The molecule has 3 atom stereocenters. The molecule has 1 saturated carbocycles. The molecule has 2 fully saturated rings. The van der Waals surface area contributed by atoms with Crippen LogP contribution >= 0.6 is 0 Å². The van der Waals surface area contributed by atoms with Crippen molar-refractivity contribution in [2.24, 2.45) is 5.41 Å². The van der Waals surface area contributed by atoms with Crippen molar-refractivity contribution in [3.05, 3.63) is 0 Å². The maximum Gasteiger partial charge on any atom is 0.227 e. The van der Waals surface area contributed by atoms with Crippen LogP contribution in [0.5, 0.6) is 0 Å². The Hall–Kier alpha value is -0.610. The number of amides is 1. The van der Waals surface area contributed by atoms with Crippen molar-refractivity contribution in [3.8, 4) is 0 Å². The lowest BCUT2D eigenvalue weighted by Gasteiger charge is -2.38. The lowest BCUT2D eigenvalue weighted by molar-refractivity contribution is -0.134. The van der Waals surface area contributed by atoms with Crippen molar-refractivity contribution in [1.82, 2.24) is 10.6 Å². The summed E-state index contributed by atoms with van der Waals surface area (Å²) in [4.78, 5) is 12.5. The quantitative estimate of drug-likeness (QED) is 0.709. The van der Waals surface area contributed by atoms with Crippen molar-refractivity contribution in [1.29, 1.82) is 0 Å². The lowest BCUT2D eigenvalue weighted by atomic mass is 9.77. The normalized spacial score (nSPS) is 37.2. The highest BCUT2D eigenvalue weighted by Gasteiger charge is 2.39. The molecule has 0 aromatic carbocycles. The zero-order chi connectivity index (χ0) is 13.0. The summed E-state index contributed by atoms with van der Waals surface area (Å²) >= 11 is 0. The molecular formula is C14H26N2O2. The zero-order valence-electron chi connectivity index (χ0n) is 11.4. The summed E-state index contributed by atoms with van der Waals surface area (Å²) in [6.45, 7) is 3.88. The van der Waals surface area contributed by atoms with Crippen LogP contribution in [0.1, 0.15) is 51.9 Å². The van der Waals surface area contributed by atoms with Gasteiger partial charge in [0.2, 0.25) is 5.91 Å². The molecule has 1 saturated heterocycles. The Morgan fingerprint density at radius 2 is 2.17 bits per heavy atom. The van der Waals surface area contributed by atoms with Gasteiger partial charge >= 0.3 is 0 Å². The fourth-order valence-electron chi connectivity index (χ4n) is 3.23. The van der Waals surface area contributed by atoms with Gasteiger partial charge < -0.3 is 15.7 Å². The maximum atomic E-state index is 12.5. The van der Waals surface area contributed by atoms with Crippen molar-refractivity contribution < 1.29 is 9.90 Å². The van der Waals surface area contributed by atoms with Gasteiger partial charge in [0.25, 0.3) is 0 Å². The van der Waals surface area contributed by atoms with E-state index in [4.69, 9.17) is 0 Å². The Bertz CT molecular complexity index is 288. The molecule has 0 radical (unpaired) electrons. The number of aliphatic hydroxyl groups excluding tert-OH is 1. The minimum absolute atomic E-state index is 0.0309. The number of hydrogen-bond donors (Lipinski definition) is 3. The van der Waals surface area contributed by atoms with Crippen molar-refractivity contribution in [2.75, 3.05) is 13.1 Å². The topological polar surface area (TPSA) is 61.4 Å². The second-order valence-corrected chi connectivity index (χ2v) is 5.85. The first kappa shape index (κ1) is 13.8. The summed E-state index contributed by atoms with van der Waals surface area (Å²) in [6.07, 6.45) is 6.47. The molecule has 104 valence electrons. The van der Waals surface area contributed by atoms with Gasteiger partial charge in [-0.2, -0.15) is 0 Å². The zero-order valence-corrected chi connectivity index (χ0v) is 11.4. The first-order valence-corrected chi connectivity index (χ1v) is 7.38. The summed E-state index contributed by atoms with van der Waals surface area (Å²) in [6, 6.07) is -0.0309. The molecule has 0 aromatic rings. The molecule has 0 aromatic heterocycles. The summed E-state index contributed by atoms with van der Waals surface area (Å²) in [5.41, 5.74) is -0.255. The molecule has 2 aliphatic rings. The van der Waals surface area contributed by atoms with E-state index in [0.717, 1.165) is 58.0 Å². The SMILES string of the molecule is CCC1(C(=O)NC2CCCCC2O)CCCNC1. The van der Waals surface area contributed by atoms with Crippen LogP contribution in [-0.4, -0.2) is 36.2 Å². The van der Waals surface area contributed by atoms with Gasteiger partial charge in [-0.1, -0.05) is 19.8 Å². The van der Waals surface area contributed by atoms with E-state index >= 15 is 0 Å². The Labute approximate surface area is 110 Å². The van der Waals surface area contributed by atoms with Gasteiger partial charge in [-0.3, -0.25) is 4.79 Å². The molecule has 1 heterocycles. The molecule has 2 rings (SSSR count). The lowest BCUT2D eigenvalue weighted by Crippen LogP contribution is -2.55. The van der Waals surface area contributed by atoms with Crippen LogP contribution < -0.4 is 10.6 Å². The molecule has 1 aliphatic carbocycles. The van der Waals surface area contributed by atoms with Crippen LogP contribution in [0.4, 0.5) is 0 Å². The Balaban J connectivity index is 1.96. The maximum absolute atomic E-state index is 12.5. The standard InChI is InChI=1S/C14H26N2O2/c1-2-14(8-5-9-15-10-14)13(18)16-11-6-3-4-7-12(11)17/h11-12,15,17H,2-10H2,1H3,(H,16,18). The summed E-state index contributed by atoms with van der Waals surface area (Å²) < 4.78 is 0. The minimum Gasteiger partial charge on any atom is -0.391 e. The Morgan fingerprint density at radius 1 is 1.39 bits per heavy atom. The first-order chi connectivity index (χ1) is 8.68. The average Bonchev–Trinajstić information content (AvgIpc) is 2.42. The molecule has 3 N–H and O–H groups in total. The molecule has 3 unspecified atom stereocenters. The number of piperidine rings is 1. The fourth-order valence-corrected chi connectivity index (χ4v) is 3.23. The third kappa shape index (κ3) is 2.86. The highest BCUT2D eigenvalue weighted by molar-refractivity contribution is 5.83. The van der Waals surface area contributed by atoms with Gasteiger partial charge in [-0.05, 0) is 38.6 Å². The largest absolute Gasteiger partial charge is 0.391 e. The van der Waals surface area contributed by atoms with E-state index in [-0.39, 0.29) is 23.5 Å². The number of carbonyl (C=O) groups is 1. The molecule has 1 aliphatic heterocycles. The fraction of sp³-hybridized carbons (Fsp3) is 0.929. The van der Waals surface area contributed by atoms with Crippen LogP contribution in [-0.2, 0) is 4.79 Å². The predicted molar refractivity (Wildman–Crippen MR) is 71.2 cm³/mol. The number of carbonyl (C=O) groups excluding carboxylic acids is 1. The molecule has 4 heteroatoms. The molecule has 0 spiro atoms. The van der Waals surface area contributed by atoms with Gasteiger partial charge in [0, 0.05) is 6.54 Å². The van der Waals surface area contributed by atoms with Gasteiger partial charge in [-0.15, -0.1) is 0 Å². The van der Waals surface area contributed by atoms with Crippen LogP contribution in [0.25, 0.3) is 0 Å². The van der Waals surface area contributed by atoms with E-state index in [2.05, 4.69) is 17.6 Å². The Kier molecular flexibility index (Phi) is 4.62. The molecule has 0 bridgehead atoms. The van der Waals surface area contributed by atoms with Crippen LogP contribution in [0.3, 0.4) is 0 Å². The third-order valence-corrected chi connectivity index (χ3v) is 4.68. The van der Waals surface area contributed by atoms with Gasteiger partial charge in [0.05, 0.1) is 17.6 Å². The summed E-state index contributed by atoms with van der Waals surface area (Å²) in [7, 11) is 0. The monoisotopic (exact) mass is 254 g/mol. The van der Waals surface area contributed by atoms with Crippen LogP contribution in [0.2, 0.25) is 0 Å². The first-order valence-electron chi connectivity index (χ1n) is 7.38. The highest BCUT2D eigenvalue weighted by Crippen LogP contribution is 2.31. The second kappa shape index (κ2) is 6.02. The van der Waals surface area contributed by atoms with Crippen LogP contribution in [0, 0.1) is 5.41 Å². The molecule has 4 nitrogen and oxygen atoms in total. The van der Waals surface area contributed by atoms with Crippen molar-refractivity contribution in [2.45, 2.75) is 64.0 Å². The molecule has 18 heavy (non-hydrogen) atoms. The number of aliphatic hydroxyl groups is 1. The Morgan fingerprint density at radius 3 is 2.78 bits per heavy atom.